The fourth-order valence-corrected chi connectivity index (χ4v) is 10.7. The zero-order valence-corrected chi connectivity index (χ0v) is 34.1. The predicted molar refractivity (Wildman–Crippen MR) is 262 cm³/mol. The summed E-state index contributed by atoms with van der Waals surface area (Å²) in [5.41, 5.74) is 14.0. The van der Waals surface area contributed by atoms with Gasteiger partial charge in [-0.15, -0.1) is 11.3 Å². The molecule has 61 heavy (non-hydrogen) atoms. The van der Waals surface area contributed by atoms with Crippen molar-refractivity contribution >= 4 is 81.1 Å². The third kappa shape index (κ3) is 5.85. The number of hydrogen-bond donors (Lipinski definition) is 0. The Balaban J connectivity index is 1.06. The van der Waals surface area contributed by atoms with Gasteiger partial charge in [0.2, 0.25) is 0 Å². The van der Waals surface area contributed by atoms with E-state index < -0.39 is 0 Å². The van der Waals surface area contributed by atoms with Crippen LogP contribution in [0.4, 0.5) is 17.1 Å². The Morgan fingerprint density at radius 2 is 0.902 bits per heavy atom. The monoisotopic (exact) mass is 794 g/mol. The van der Waals surface area contributed by atoms with E-state index >= 15 is 0 Å². The molecule has 2 aromatic heterocycles. The van der Waals surface area contributed by atoms with E-state index in [0.717, 1.165) is 22.7 Å². The molecule has 0 saturated heterocycles. The average Bonchev–Trinajstić information content (AvgIpc) is 3.88. The Bertz CT molecular complexity index is 3550. The molecule has 12 aromatic rings. The molecular weight excluding hydrogens is 757 g/mol. The van der Waals surface area contributed by atoms with Gasteiger partial charge >= 0.3 is 0 Å². The molecule has 12 rings (SSSR count). The highest BCUT2D eigenvalue weighted by molar-refractivity contribution is 7.26. The van der Waals surface area contributed by atoms with Crippen LogP contribution in [0, 0.1) is 0 Å². The second kappa shape index (κ2) is 14.5. The normalized spacial score (nSPS) is 11.6. The zero-order valence-electron chi connectivity index (χ0n) is 33.2. The van der Waals surface area contributed by atoms with Crippen LogP contribution in [0.25, 0.3) is 91.8 Å². The molecule has 0 amide bonds. The molecule has 286 valence electrons. The van der Waals surface area contributed by atoms with Gasteiger partial charge in [-0.2, -0.15) is 0 Å². The quantitative estimate of drug-likeness (QED) is 0.156. The first-order valence-electron chi connectivity index (χ1n) is 20.8. The van der Waals surface area contributed by atoms with Crippen molar-refractivity contribution in [1.82, 2.24) is 4.57 Å². The van der Waals surface area contributed by atoms with E-state index in [4.69, 9.17) is 0 Å². The van der Waals surface area contributed by atoms with Crippen LogP contribution in [0.15, 0.2) is 231 Å². The maximum atomic E-state index is 2.47. The number of hydrogen-bond acceptors (Lipinski definition) is 2. The summed E-state index contributed by atoms with van der Waals surface area (Å²) < 4.78 is 5.04. The minimum absolute atomic E-state index is 1.08. The molecule has 0 aliphatic rings. The van der Waals surface area contributed by atoms with Crippen LogP contribution >= 0.6 is 11.3 Å². The fraction of sp³-hybridized carbons (Fsp3) is 0. The average molecular weight is 795 g/mol. The zero-order chi connectivity index (χ0) is 40.3. The number of anilines is 3. The highest BCUT2D eigenvalue weighted by atomic mass is 32.1. The number of aromatic nitrogens is 1. The van der Waals surface area contributed by atoms with Crippen LogP contribution in [0.5, 0.6) is 0 Å². The van der Waals surface area contributed by atoms with Crippen molar-refractivity contribution in [3.05, 3.63) is 231 Å². The lowest BCUT2D eigenvalue weighted by atomic mass is 9.95. The molecule has 0 spiro atoms. The third-order valence-corrected chi connectivity index (χ3v) is 13.4. The van der Waals surface area contributed by atoms with Crippen LogP contribution in [0.1, 0.15) is 0 Å². The van der Waals surface area contributed by atoms with Crippen molar-refractivity contribution in [3.63, 3.8) is 0 Å². The summed E-state index contributed by atoms with van der Waals surface area (Å²) >= 11 is 1.88. The third-order valence-electron chi connectivity index (χ3n) is 12.2. The Hall–Kier alpha value is -7.72. The molecule has 0 aliphatic heterocycles. The van der Waals surface area contributed by atoms with Crippen molar-refractivity contribution in [3.8, 4) is 39.1 Å². The van der Waals surface area contributed by atoms with E-state index in [2.05, 4.69) is 240 Å². The number of thiophene rings is 1. The SMILES string of the molecule is c1cc(-c2ccc(N(c3ccccc3-c3cccc4c3sc3ccccc34)c3ccccc3-n3c4ccccc4c4ccccc43)cc2)cc(-c2cccc3ccccc23)c1. The topological polar surface area (TPSA) is 8.17 Å². The summed E-state index contributed by atoms with van der Waals surface area (Å²) in [5, 5.41) is 7.59. The van der Waals surface area contributed by atoms with E-state index in [1.165, 1.54) is 86.1 Å². The molecule has 2 nitrogen and oxygen atoms in total. The number of nitrogens with zero attached hydrogens (tertiary/aromatic N) is 2. The van der Waals surface area contributed by atoms with E-state index in [1.54, 1.807) is 0 Å². The number of rotatable bonds is 7. The van der Waals surface area contributed by atoms with Gasteiger partial charge in [-0.3, -0.25) is 0 Å². The predicted octanol–water partition coefficient (Wildman–Crippen LogP) is 16.8. The van der Waals surface area contributed by atoms with E-state index in [0.29, 0.717) is 0 Å². The first-order valence-corrected chi connectivity index (χ1v) is 21.7. The van der Waals surface area contributed by atoms with Crippen LogP contribution in [-0.2, 0) is 0 Å². The number of benzene rings is 10. The van der Waals surface area contributed by atoms with Crippen molar-refractivity contribution in [2.75, 3.05) is 4.90 Å². The second-order valence-electron chi connectivity index (χ2n) is 15.6. The van der Waals surface area contributed by atoms with Gasteiger partial charge < -0.3 is 9.47 Å². The first kappa shape index (κ1) is 35.2. The Labute approximate surface area is 358 Å². The van der Waals surface area contributed by atoms with Crippen molar-refractivity contribution < 1.29 is 0 Å². The van der Waals surface area contributed by atoms with Gasteiger partial charge in [-0.25, -0.2) is 0 Å². The molecular formula is C58H38N2S. The smallest absolute Gasteiger partial charge is 0.0702 e. The van der Waals surface area contributed by atoms with Crippen molar-refractivity contribution in [2.24, 2.45) is 0 Å². The van der Waals surface area contributed by atoms with Crippen LogP contribution in [0.3, 0.4) is 0 Å². The molecule has 0 bridgehead atoms. The summed E-state index contributed by atoms with van der Waals surface area (Å²) in [7, 11) is 0. The standard InChI is InChI=1S/C58H38N2S/c1-2-20-44-40(16-1)17-14-25-45(44)42-19-13-18-41(38-42)39-34-36-43(37-35-39)59(52-28-7-5-23-48(52)50-26-15-27-51-49-24-6-12-33-57(49)61-58(50)51)55-31-10-11-32-56(55)60-53-29-8-3-21-46(53)47-22-4-9-30-54(47)60/h1-38H. The summed E-state index contributed by atoms with van der Waals surface area (Å²) in [6.45, 7) is 0. The van der Waals surface area contributed by atoms with Gasteiger partial charge in [0, 0.05) is 47.8 Å². The second-order valence-corrected chi connectivity index (χ2v) is 16.7. The van der Waals surface area contributed by atoms with Crippen molar-refractivity contribution in [2.45, 2.75) is 0 Å². The van der Waals surface area contributed by atoms with Crippen LogP contribution in [0.2, 0.25) is 0 Å². The molecule has 0 fully saturated rings. The Kier molecular flexibility index (Phi) is 8.39. The molecule has 10 aromatic carbocycles. The van der Waals surface area contributed by atoms with E-state index in [-0.39, 0.29) is 0 Å². The molecule has 0 atom stereocenters. The lowest BCUT2D eigenvalue weighted by Crippen LogP contribution is -2.14. The first-order chi connectivity index (χ1) is 30.3. The highest BCUT2D eigenvalue weighted by Gasteiger charge is 2.24. The summed E-state index contributed by atoms with van der Waals surface area (Å²) in [6, 6.07) is 84.2. The van der Waals surface area contributed by atoms with Gasteiger partial charge in [0.1, 0.15) is 0 Å². The van der Waals surface area contributed by atoms with Crippen LogP contribution in [-0.4, -0.2) is 4.57 Å². The number of para-hydroxylation sites is 5. The summed E-state index contributed by atoms with van der Waals surface area (Å²) in [5.74, 6) is 0. The lowest BCUT2D eigenvalue weighted by Gasteiger charge is -2.30. The van der Waals surface area contributed by atoms with E-state index in [9.17, 15) is 0 Å². The summed E-state index contributed by atoms with van der Waals surface area (Å²) in [6.07, 6.45) is 0. The molecule has 2 heterocycles. The Morgan fingerprint density at radius 1 is 0.344 bits per heavy atom. The summed E-state index contributed by atoms with van der Waals surface area (Å²) in [4.78, 5) is 2.47. The molecule has 3 heteroatoms. The van der Waals surface area contributed by atoms with E-state index in [1.807, 2.05) is 11.3 Å². The van der Waals surface area contributed by atoms with Gasteiger partial charge in [0.15, 0.2) is 0 Å². The molecule has 0 unspecified atom stereocenters. The maximum absolute atomic E-state index is 2.47. The van der Waals surface area contributed by atoms with Gasteiger partial charge in [-0.05, 0) is 87.6 Å². The minimum Gasteiger partial charge on any atom is -0.308 e. The molecule has 0 radical (unpaired) electrons. The highest BCUT2D eigenvalue weighted by Crippen LogP contribution is 2.48. The largest absolute Gasteiger partial charge is 0.308 e. The van der Waals surface area contributed by atoms with Gasteiger partial charge in [0.05, 0.1) is 28.1 Å². The fourth-order valence-electron chi connectivity index (χ4n) is 9.43. The maximum Gasteiger partial charge on any atom is 0.0702 e. The molecule has 0 N–H and O–H groups in total. The minimum atomic E-state index is 1.08. The molecule has 0 aliphatic carbocycles. The Morgan fingerprint density at radius 3 is 1.72 bits per heavy atom. The molecule has 0 saturated carbocycles. The van der Waals surface area contributed by atoms with Gasteiger partial charge in [-0.1, -0.05) is 176 Å². The lowest BCUT2D eigenvalue weighted by molar-refractivity contribution is 1.15. The van der Waals surface area contributed by atoms with Crippen LogP contribution < -0.4 is 4.90 Å². The van der Waals surface area contributed by atoms with Crippen molar-refractivity contribution in [1.29, 1.82) is 0 Å². The van der Waals surface area contributed by atoms with Gasteiger partial charge in [0.25, 0.3) is 0 Å². The number of fused-ring (bicyclic) bond motifs is 7.